The average Bonchev–Trinajstić information content (AvgIpc) is 2.47. The molecule has 0 spiro atoms. The molecule has 0 radical (unpaired) electrons. The Balaban J connectivity index is 2.60. The molecule has 0 aliphatic carbocycles. The normalized spacial score (nSPS) is 12.7. The molecule has 118 valence electrons. The highest BCUT2D eigenvalue weighted by Crippen LogP contribution is 2.19. The molecule has 1 atom stereocenters. The van der Waals surface area contributed by atoms with E-state index in [2.05, 4.69) is 53.6 Å². The molecule has 1 amide bonds. The first-order valence-corrected chi connectivity index (χ1v) is 7.87. The lowest BCUT2D eigenvalue weighted by Crippen LogP contribution is -2.41. The fourth-order valence-electron chi connectivity index (χ4n) is 2.49. The average molecular weight is 291 g/mol. The van der Waals surface area contributed by atoms with Crippen molar-refractivity contribution in [2.24, 2.45) is 0 Å². The van der Waals surface area contributed by atoms with Crippen molar-refractivity contribution < 1.29 is 4.79 Å². The third-order valence-electron chi connectivity index (χ3n) is 3.51. The van der Waals surface area contributed by atoms with Gasteiger partial charge in [0.15, 0.2) is 0 Å². The maximum Gasteiger partial charge on any atom is 0.234 e. The van der Waals surface area contributed by atoms with Crippen LogP contribution >= 0.6 is 0 Å². The summed E-state index contributed by atoms with van der Waals surface area (Å²) in [5, 5.41) is 6.18. The van der Waals surface area contributed by atoms with Crippen molar-refractivity contribution >= 4 is 5.91 Å². The number of rotatable bonds is 9. The van der Waals surface area contributed by atoms with Gasteiger partial charge in [0.25, 0.3) is 0 Å². The van der Waals surface area contributed by atoms with Crippen LogP contribution in [0.4, 0.5) is 0 Å². The molecule has 0 bridgehead atoms. The van der Waals surface area contributed by atoms with E-state index >= 15 is 0 Å². The molecule has 0 aromatic heterocycles. The van der Waals surface area contributed by atoms with Crippen molar-refractivity contribution in [1.82, 2.24) is 15.5 Å². The zero-order valence-electron chi connectivity index (χ0n) is 13.7. The van der Waals surface area contributed by atoms with Crippen molar-refractivity contribution in [3.05, 3.63) is 35.9 Å². The summed E-state index contributed by atoms with van der Waals surface area (Å²) in [4.78, 5) is 14.1. The predicted octanol–water partition coefficient (Wildman–Crippen LogP) is 2.18. The molecule has 4 nitrogen and oxygen atoms in total. The summed E-state index contributed by atoms with van der Waals surface area (Å²) >= 11 is 0. The number of likely N-dealkylation sites (N-methyl/N-ethyl adjacent to an activating group) is 1. The Kier molecular flexibility index (Phi) is 8.01. The number of carbonyl (C=O) groups excluding carboxylic acids is 1. The van der Waals surface area contributed by atoms with Crippen LogP contribution in [0.1, 0.15) is 39.3 Å². The van der Waals surface area contributed by atoms with Crippen molar-refractivity contribution in [2.45, 2.75) is 39.8 Å². The van der Waals surface area contributed by atoms with Gasteiger partial charge in [0.05, 0.1) is 6.54 Å². The maximum absolute atomic E-state index is 11.7. The van der Waals surface area contributed by atoms with Gasteiger partial charge in [-0.15, -0.1) is 0 Å². The molecule has 4 heteroatoms. The highest BCUT2D eigenvalue weighted by molar-refractivity contribution is 5.78. The SMILES string of the molecule is CCN(CC)C(CNCC(=O)NC(C)C)c1ccccc1. The predicted molar refractivity (Wildman–Crippen MR) is 88.3 cm³/mol. The number of nitrogens with zero attached hydrogens (tertiary/aromatic N) is 1. The van der Waals surface area contributed by atoms with Crippen LogP contribution in [0.15, 0.2) is 30.3 Å². The van der Waals surface area contributed by atoms with Crippen LogP contribution in [-0.2, 0) is 4.79 Å². The van der Waals surface area contributed by atoms with E-state index in [9.17, 15) is 4.79 Å². The Morgan fingerprint density at radius 3 is 2.29 bits per heavy atom. The van der Waals surface area contributed by atoms with Crippen molar-refractivity contribution in [3.63, 3.8) is 0 Å². The zero-order valence-corrected chi connectivity index (χ0v) is 13.7. The van der Waals surface area contributed by atoms with Crippen molar-refractivity contribution in [3.8, 4) is 0 Å². The molecule has 0 aliphatic rings. The summed E-state index contributed by atoms with van der Waals surface area (Å²) in [7, 11) is 0. The first-order chi connectivity index (χ1) is 10.1. The molecule has 1 unspecified atom stereocenters. The Hall–Kier alpha value is -1.39. The Morgan fingerprint density at radius 2 is 1.76 bits per heavy atom. The van der Waals surface area contributed by atoms with Crippen LogP contribution in [0.25, 0.3) is 0 Å². The summed E-state index contributed by atoms with van der Waals surface area (Å²) in [5.41, 5.74) is 1.29. The van der Waals surface area contributed by atoms with Gasteiger partial charge in [-0.25, -0.2) is 0 Å². The number of hydrogen-bond acceptors (Lipinski definition) is 3. The monoisotopic (exact) mass is 291 g/mol. The highest BCUT2D eigenvalue weighted by atomic mass is 16.1. The van der Waals surface area contributed by atoms with Gasteiger partial charge in [-0.3, -0.25) is 9.69 Å². The van der Waals surface area contributed by atoms with Gasteiger partial charge in [-0.05, 0) is 32.5 Å². The van der Waals surface area contributed by atoms with Gasteiger partial charge in [-0.2, -0.15) is 0 Å². The van der Waals surface area contributed by atoms with E-state index in [-0.39, 0.29) is 11.9 Å². The molecule has 1 rings (SSSR count). The Labute approximate surface area is 128 Å². The van der Waals surface area contributed by atoms with Crippen LogP contribution in [0.3, 0.4) is 0 Å². The van der Waals surface area contributed by atoms with Gasteiger partial charge in [0, 0.05) is 18.6 Å². The first kappa shape index (κ1) is 17.7. The zero-order chi connectivity index (χ0) is 15.7. The third-order valence-corrected chi connectivity index (χ3v) is 3.51. The van der Waals surface area contributed by atoms with E-state index in [1.807, 2.05) is 19.9 Å². The van der Waals surface area contributed by atoms with Crippen LogP contribution in [0, 0.1) is 0 Å². The van der Waals surface area contributed by atoms with E-state index in [0.717, 1.165) is 19.6 Å². The Morgan fingerprint density at radius 1 is 1.14 bits per heavy atom. The summed E-state index contributed by atoms with van der Waals surface area (Å²) in [6.07, 6.45) is 0. The molecular weight excluding hydrogens is 262 g/mol. The van der Waals surface area contributed by atoms with Gasteiger partial charge < -0.3 is 10.6 Å². The summed E-state index contributed by atoms with van der Waals surface area (Å²) in [5.74, 6) is 0.0522. The first-order valence-electron chi connectivity index (χ1n) is 7.87. The fourth-order valence-corrected chi connectivity index (χ4v) is 2.49. The molecular formula is C17H29N3O. The van der Waals surface area contributed by atoms with Crippen LogP contribution in [-0.4, -0.2) is 43.0 Å². The standard InChI is InChI=1S/C17H29N3O/c1-5-20(6-2)16(15-10-8-7-9-11-15)12-18-13-17(21)19-14(3)4/h7-11,14,16,18H,5-6,12-13H2,1-4H3,(H,19,21). The number of benzene rings is 1. The Bertz CT molecular complexity index is 402. The highest BCUT2D eigenvalue weighted by Gasteiger charge is 2.17. The van der Waals surface area contributed by atoms with Gasteiger partial charge in [0.2, 0.25) is 5.91 Å². The lowest BCUT2D eigenvalue weighted by Gasteiger charge is -2.30. The molecule has 0 saturated heterocycles. The minimum absolute atomic E-state index is 0.0522. The molecule has 0 fully saturated rings. The topological polar surface area (TPSA) is 44.4 Å². The minimum Gasteiger partial charge on any atom is -0.353 e. The smallest absolute Gasteiger partial charge is 0.234 e. The van der Waals surface area contributed by atoms with Crippen LogP contribution in [0.2, 0.25) is 0 Å². The van der Waals surface area contributed by atoms with Crippen LogP contribution in [0.5, 0.6) is 0 Å². The lowest BCUT2D eigenvalue weighted by molar-refractivity contribution is -0.120. The van der Waals surface area contributed by atoms with Crippen molar-refractivity contribution in [2.75, 3.05) is 26.2 Å². The fraction of sp³-hybridized carbons (Fsp3) is 0.588. The van der Waals surface area contributed by atoms with Crippen LogP contribution < -0.4 is 10.6 Å². The van der Waals surface area contributed by atoms with Gasteiger partial charge >= 0.3 is 0 Å². The summed E-state index contributed by atoms with van der Waals surface area (Å²) in [6.45, 7) is 11.4. The van der Waals surface area contributed by atoms with E-state index < -0.39 is 0 Å². The second-order valence-corrected chi connectivity index (χ2v) is 5.50. The minimum atomic E-state index is 0.0522. The second-order valence-electron chi connectivity index (χ2n) is 5.50. The molecule has 0 heterocycles. The number of amides is 1. The van der Waals surface area contributed by atoms with E-state index in [0.29, 0.717) is 12.6 Å². The van der Waals surface area contributed by atoms with Gasteiger partial charge in [-0.1, -0.05) is 44.2 Å². The number of hydrogen-bond donors (Lipinski definition) is 2. The van der Waals surface area contributed by atoms with E-state index in [4.69, 9.17) is 0 Å². The van der Waals surface area contributed by atoms with E-state index in [1.165, 1.54) is 5.56 Å². The molecule has 1 aromatic carbocycles. The number of carbonyl (C=O) groups is 1. The molecule has 0 aliphatic heterocycles. The molecule has 1 aromatic rings. The second kappa shape index (κ2) is 9.53. The third kappa shape index (κ3) is 6.27. The molecule has 0 saturated carbocycles. The largest absolute Gasteiger partial charge is 0.353 e. The quantitative estimate of drug-likeness (QED) is 0.733. The van der Waals surface area contributed by atoms with Crippen molar-refractivity contribution in [1.29, 1.82) is 0 Å². The number of nitrogens with one attached hydrogen (secondary N) is 2. The van der Waals surface area contributed by atoms with E-state index in [1.54, 1.807) is 0 Å². The maximum atomic E-state index is 11.7. The molecule has 21 heavy (non-hydrogen) atoms. The lowest BCUT2D eigenvalue weighted by atomic mass is 10.1. The summed E-state index contributed by atoms with van der Waals surface area (Å²) in [6, 6.07) is 11.0. The van der Waals surface area contributed by atoms with Gasteiger partial charge in [0.1, 0.15) is 0 Å². The molecule has 2 N–H and O–H groups in total. The summed E-state index contributed by atoms with van der Waals surface area (Å²) < 4.78 is 0.